The fraction of sp³-hybridized carbons (Fsp3) is 0.417. The minimum Gasteiger partial charge on any atom is -0.399 e. The number of fused-ring (bicyclic) bond motifs is 3. The first-order valence-corrected chi connectivity index (χ1v) is 10.2. The van der Waals surface area contributed by atoms with Crippen LogP contribution in [0, 0.1) is 17.6 Å². The number of halogens is 5. The lowest BCUT2D eigenvalue weighted by Gasteiger charge is -2.31. The maximum absolute atomic E-state index is 14.1. The van der Waals surface area contributed by atoms with Crippen LogP contribution in [0.4, 0.5) is 22.0 Å². The van der Waals surface area contributed by atoms with Gasteiger partial charge in [0.15, 0.2) is 11.6 Å². The van der Waals surface area contributed by atoms with Gasteiger partial charge in [0.2, 0.25) is 5.75 Å². The Hall–Kier alpha value is -2.37. The highest BCUT2D eigenvalue weighted by Crippen LogP contribution is 2.40. The zero-order valence-electron chi connectivity index (χ0n) is 16.7. The van der Waals surface area contributed by atoms with Crippen molar-refractivity contribution in [2.24, 2.45) is 5.92 Å². The van der Waals surface area contributed by atoms with Gasteiger partial charge < -0.3 is 4.74 Å². The summed E-state index contributed by atoms with van der Waals surface area (Å²) in [6, 6.07) is 6.21. The zero-order valence-corrected chi connectivity index (χ0v) is 16.7. The summed E-state index contributed by atoms with van der Waals surface area (Å²) < 4.78 is 68.9. The minimum atomic E-state index is -5.14. The van der Waals surface area contributed by atoms with Gasteiger partial charge in [-0.25, -0.2) is 8.78 Å². The van der Waals surface area contributed by atoms with E-state index in [1.807, 2.05) is 6.92 Å². The molecule has 2 aromatic rings. The van der Waals surface area contributed by atoms with Crippen molar-refractivity contribution in [1.29, 1.82) is 0 Å². The predicted octanol–water partition coefficient (Wildman–Crippen LogP) is 6.82. The lowest BCUT2D eigenvalue weighted by atomic mass is 9.74. The maximum Gasteiger partial charge on any atom is 0.573 e. The van der Waals surface area contributed by atoms with Gasteiger partial charge in [0.1, 0.15) is 0 Å². The van der Waals surface area contributed by atoms with Gasteiger partial charge in [0.25, 0.3) is 0 Å². The van der Waals surface area contributed by atoms with Gasteiger partial charge >= 0.3 is 6.36 Å². The molecule has 2 atom stereocenters. The van der Waals surface area contributed by atoms with Gasteiger partial charge in [-0.1, -0.05) is 24.3 Å². The third-order valence-corrected chi connectivity index (χ3v) is 6.26. The summed E-state index contributed by atoms with van der Waals surface area (Å²) in [6.07, 6.45) is 4.54. The molecule has 0 radical (unpaired) electrons. The molecule has 0 heterocycles. The van der Waals surface area contributed by atoms with Crippen LogP contribution in [0.2, 0.25) is 0 Å². The van der Waals surface area contributed by atoms with Crippen molar-refractivity contribution >= 4 is 0 Å². The quantitative estimate of drug-likeness (QED) is 0.390. The van der Waals surface area contributed by atoms with E-state index >= 15 is 0 Å². The third-order valence-electron chi connectivity index (χ3n) is 6.26. The molecule has 0 saturated heterocycles. The van der Waals surface area contributed by atoms with Crippen LogP contribution >= 0.6 is 0 Å². The molecule has 0 aromatic heterocycles. The Labute approximate surface area is 172 Å². The third kappa shape index (κ3) is 4.23. The topological polar surface area (TPSA) is 9.23 Å². The summed E-state index contributed by atoms with van der Waals surface area (Å²) in [7, 11) is 0. The molecule has 2 aliphatic rings. The van der Waals surface area contributed by atoms with E-state index in [0.29, 0.717) is 24.3 Å². The van der Waals surface area contributed by atoms with Crippen molar-refractivity contribution in [3.8, 4) is 5.75 Å². The average Bonchev–Trinajstić information content (AvgIpc) is 2.69. The fourth-order valence-electron chi connectivity index (χ4n) is 4.95. The fourth-order valence-corrected chi connectivity index (χ4v) is 4.95. The average molecular weight is 422 g/mol. The van der Waals surface area contributed by atoms with Crippen LogP contribution in [0.1, 0.15) is 53.5 Å². The molecule has 6 heteroatoms. The Kier molecular flexibility index (Phi) is 5.60. The second kappa shape index (κ2) is 8.05. The molecule has 30 heavy (non-hydrogen) atoms. The molecule has 0 fully saturated rings. The van der Waals surface area contributed by atoms with Gasteiger partial charge in [-0.3, -0.25) is 0 Å². The monoisotopic (exact) mass is 422 g/mol. The molecule has 0 bridgehead atoms. The van der Waals surface area contributed by atoms with E-state index in [0.717, 1.165) is 37.8 Å². The van der Waals surface area contributed by atoms with E-state index < -0.39 is 23.7 Å². The van der Waals surface area contributed by atoms with E-state index in [-0.39, 0.29) is 5.92 Å². The Morgan fingerprint density at radius 2 is 1.53 bits per heavy atom. The summed E-state index contributed by atoms with van der Waals surface area (Å²) in [5, 5.41) is 0. The highest BCUT2D eigenvalue weighted by atomic mass is 19.4. The van der Waals surface area contributed by atoms with E-state index in [2.05, 4.69) is 29.0 Å². The predicted molar refractivity (Wildman–Crippen MR) is 105 cm³/mol. The van der Waals surface area contributed by atoms with Crippen LogP contribution in [0.5, 0.6) is 5.75 Å². The molecule has 160 valence electrons. The van der Waals surface area contributed by atoms with Crippen LogP contribution in [0.25, 0.3) is 0 Å². The molecule has 0 spiro atoms. The Bertz CT molecular complexity index is 953. The van der Waals surface area contributed by atoms with E-state index in [9.17, 15) is 22.0 Å². The summed E-state index contributed by atoms with van der Waals surface area (Å²) in [5.41, 5.74) is 5.69. The second-order valence-electron chi connectivity index (χ2n) is 8.17. The van der Waals surface area contributed by atoms with E-state index in [1.165, 1.54) is 22.3 Å². The highest BCUT2D eigenvalue weighted by Gasteiger charge is 2.35. The Morgan fingerprint density at radius 3 is 2.13 bits per heavy atom. The smallest absolute Gasteiger partial charge is 0.399 e. The lowest BCUT2D eigenvalue weighted by molar-refractivity contribution is -0.276. The van der Waals surface area contributed by atoms with Crippen LogP contribution in [-0.2, 0) is 25.7 Å². The van der Waals surface area contributed by atoms with Crippen molar-refractivity contribution in [3.63, 3.8) is 0 Å². The number of ether oxygens (including phenoxy) is 1. The number of hydrogen-bond acceptors (Lipinski definition) is 1. The van der Waals surface area contributed by atoms with Crippen molar-refractivity contribution < 1.29 is 26.7 Å². The highest BCUT2D eigenvalue weighted by molar-refractivity contribution is 5.46. The van der Waals surface area contributed by atoms with E-state index in [1.54, 1.807) is 0 Å². The minimum absolute atomic E-state index is 0.140. The van der Waals surface area contributed by atoms with Gasteiger partial charge in [-0.15, -0.1) is 13.2 Å². The normalized spacial score (nSPS) is 21.4. The van der Waals surface area contributed by atoms with Crippen molar-refractivity contribution in [2.45, 2.75) is 57.7 Å². The molecule has 2 aromatic carbocycles. The summed E-state index contributed by atoms with van der Waals surface area (Å²) in [4.78, 5) is 0. The number of allylic oxidation sites excluding steroid dienone is 2. The molecular weight excluding hydrogens is 399 g/mol. The van der Waals surface area contributed by atoms with Crippen LogP contribution in [0.3, 0.4) is 0 Å². The second-order valence-corrected chi connectivity index (χ2v) is 8.17. The van der Waals surface area contributed by atoms with Gasteiger partial charge in [0, 0.05) is 0 Å². The molecule has 1 nitrogen and oxygen atoms in total. The van der Waals surface area contributed by atoms with Crippen molar-refractivity contribution in [3.05, 3.63) is 75.9 Å². The number of benzene rings is 2. The Morgan fingerprint density at radius 1 is 0.933 bits per heavy atom. The van der Waals surface area contributed by atoms with Crippen LogP contribution in [-0.4, -0.2) is 6.36 Å². The largest absolute Gasteiger partial charge is 0.573 e. The van der Waals surface area contributed by atoms with Crippen molar-refractivity contribution in [1.82, 2.24) is 0 Å². The van der Waals surface area contributed by atoms with E-state index in [4.69, 9.17) is 0 Å². The Balaban J connectivity index is 1.57. The zero-order chi connectivity index (χ0) is 21.5. The maximum atomic E-state index is 14.1. The summed E-state index contributed by atoms with van der Waals surface area (Å²) in [6.45, 7) is 2.04. The lowest BCUT2D eigenvalue weighted by Crippen LogP contribution is -2.21. The molecular formula is C24H23F5O. The SMILES string of the molecule is CC=C[C@H]1CCc2c(ccc3c2CC[C@H](c2cc(F)c(OC(F)(F)F)c(F)c2)C3)C1. The number of hydrogen-bond donors (Lipinski definition) is 0. The van der Waals surface area contributed by atoms with Gasteiger partial charge in [-0.2, -0.15) is 0 Å². The van der Waals surface area contributed by atoms with Crippen molar-refractivity contribution in [2.75, 3.05) is 0 Å². The van der Waals surface area contributed by atoms with Crippen LogP contribution in [0.15, 0.2) is 36.4 Å². The first-order chi connectivity index (χ1) is 14.2. The number of rotatable bonds is 3. The first-order valence-electron chi connectivity index (χ1n) is 10.2. The molecule has 0 unspecified atom stereocenters. The molecule has 2 aliphatic carbocycles. The molecule has 0 saturated carbocycles. The standard InChI is InChI=1S/C24H23F5O/c1-2-3-14-4-8-19-16(10-14)5-6-17-11-15(7-9-20(17)19)18-12-21(25)23(22(26)13-18)30-24(27,28)29/h2-3,5-6,12-15H,4,7-11H2,1H3/t14-,15-/m0/s1. The van der Waals surface area contributed by atoms with Gasteiger partial charge in [0.05, 0.1) is 0 Å². The molecule has 4 rings (SSSR count). The first kappa shape index (κ1) is 20.9. The molecule has 0 aliphatic heterocycles. The van der Waals surface area contributed by atoms with Gasteiger partial charge in [-0.05, 0) is 97.2 Å². The summed E-state index contributed by atoms with van der Waals surface area (Å²) >= 11 is 0. The number of alkyl halides is 3. The molecule has 0 amide bonds. The molecule has 0 N–H and O–H groups in total. The summed E-state index contributed by atoms with van der Waals surface area (Å²) in [5.74, 6) is -3.62. The van der Waals surface area contributed by atoms with Crippen LogP contribution < -0.4 is 4.74 Å².